The fourth-order valence-corrected chi connectivity index (χ4v) is 3.40. The third kappa shape index (κ3) is 1.31. The van der Waals surface area contributed by atoms with Gasteiger partial charge in [0.15, 0.2) is 0 Å². The standard InChI is InChI=1S/C11H17NOS/c1-7-3-4-10-9(5-8(2)14-10)11(7,12)6-13/h5,7,13H,3-4,6,12H2,1-2H3. The van der Waals surface area contributed by atoms with Crippen molar-refractivity contribution in [1.82, 2.24) is 0 Å². The number of aliphatic hydroxyl groups is 1. The van der Waals surface area contributed by atoms with Crippen LogP contribution in [0.1, 0.15) is 28.7 Å². The van der Waals surface area contributed by atoms with Crippen LogP contribution >= 0.6 is 11.3 Å². The molecule has 2 atom stereocenters. The largest absolute Gasteiger partial charge is 0.394 e. The number of hydrogen-bond acceptors (Lipinski definition) is 3. The van der Waals surface area contributed by atoms with Crippen LogP contribution in [0.2, 0.25) is 0 Å². The number of rotatable bonds is 1. The third-order valence-corrected chi connectivity index (χ3v) is 4.49. The van der Waals surface area contributed by atoms with E-state index in [2.05, 4.69) is 19.9 Å². The zero-order valence-corrected chi connectivity index (χ0v) is 9.53. The summed E-state index contributed by atoms with van der Waals surface area (Å²) >= 11 is 1.82. The monoisotopic (exact) mass is 211 g/mol. The predicted octanol–water partition coefficient (Wildman–Crippen LogP) is 1.79. The molecule has 0 saturated carbocycles. The lowest BCUT2D eigenvalue weighted by molar-refractivity contribution is 0.134. The van der Waals surface area contributed by atoms with E-state index in [1.807, 2.05) is 11.3 Å². The van der Waals surface area contributed by atoms with Crippen LogP contribution in [0.25, 0.3) is 0 Å². The van der Waals surface area contributed by atoms with Crippen molar-refractivity contribution in [3.63, 3.8) is 0 Å². The molecular formula is C11H17NOS. The summed E-state index contributed by atoms with van der Waals surface area (Å²) in [6.07, 6.45) is 2.21. The summed E-state index contributed by atoms with van der Waals surface area (Å²) in [6.45, 7) is 4.29. The Bertz CT molecular complexity index is 347. The van der Waals surface area contributed by atoms with Gasteiger partial charge in [0.05, 0.1) is 12.1 Å². The molecule has 1 aromatic rings. The predicted molar refractivity (Wildman–Crippen MR) is 59.5 cm³/mol. The highest BCUT2D eigenvalue weighted by atomic mass is 32.1. The molecule has 2 rings (SSSR count). The van der Waals surface area contributed by atoms with Crippen molar-refractivity contribution < 1.29 is 5.11 Å². The molecule has 0 bridgehead atoms. The van der Waals surface area contributed by atoms with Crippen molar-refractivity contribution in [1.29, 1.82) is 0 Å². The van der Waals surface area contributed by atoms with Gasteiger partial charge in [-0.25, -0.2) is 0 Å². The van der Waals surface area contributed by atoms with Gasteiger partial charge >= 0.3 is 0 Å². The molecule has 0 spiro atoms. The van der Waals surface area contributed by atoms with Crippen LogP contribution in [0.3, 0.4) is 0 Å². The van der Waals surface area contributed by atoms with Crippen molar-refractivity contribution in [2.75, 3.05) is 6.61 Å². The number of nitrogens with two attached hydrogens (primary N) is 1. The molecule has 0 aromatic carbocycles. The quantitative estimate of drug-likeness (QED) is 0.744. The number of thiophene rings is 1. The van der Waals surface area contributed by atoms with Crippen molar-refractivity contribution in [2.24, 2.45) is 11.7 Å². The van der Waals surface area contributed by atoms with E-state index in [0.29, 0.717) is 5.92 Å². The lowest BCUT2D eigenvalue weighted by Gasteiger charge is -2.38. The summed E-state index contributed by atoms with van der Waals surface area (Å²) < 4.78 is 0. The Kier molecular flexibility index (Phi) is 2.41. The Labute approximate surface area is 88.8 Å². The fraction of sp³-hybridized carbons (Fsp3) is 0.636. The molecule has 1 heterocycles. The minimum atomic E-state index is -0.502. The molecule has 3 N–H and O–H groups in total. The van der Waals surface area contributed by atoms with E-state index >= 15 is 0 Å². The van der Waals surface area contributed by atoms with Crippen LogP contribution in [0.5, 0.6) is 0 Å². The summed E-state index contributed by atoms with van der Waals surface area (Å²) in [6, 6.07) is 2.14. The maximum atomic E-state index is 9.46. The zero-order valence-electron chi connectivity index (χ0n) is 8.71. The van der Waals surface area contributed by atoms with Gasteiger partial charge in [0.25, 0.3) is 0 Å². The number of fused-ring (bicyclic) bond motifs is 1. The van der Waals surface area contributed by atoms with Crippen LogP contribution < -0.4 is 5.73 Å². The van der Waals surface area contributed by atoms with Crippen molar-refractivity contribution in [2.45, 2.75) is 32.2 Å². The average molecular weight is 211 g/mol. The molecular weight excluding hydrogens is 194 g/mol. The third-order valence-electron chi connectivity index (χ3n) is 3.38. The molecule has 2 unspecified atom stereocenters. The maximum Gasteiger partial charge on any atom is 0.0681 e. The van der Waals surface area contributed by atoms with Gasteiger partial charge in [-0.2, -0.15) is 0 Å². The highest BCUT2D eigenvalue weighted by molar-refractivity contribution is 7.12. The first kappa shape index (κ1) is 10.1. The zero-order chi connectivity index (χ0) is 10.3. The molecule has 1 aliphatic rings. The first-order valence-corrected chi connectivity index (χ1v) is 5.89. The van der Waals surface area contributed by atoms with Gasteiger partial charge in [0.2, 0.25) is 0 Å². The van der Waals surface area contributed by atoms with Gasteiger partial charge in [0, 0.05) is 9.75 Å². The van der Waals surface area contributed by atoms with Gasteiger partial charge < -0.3 is 10.8 Å². The summed E-state index contributed by atoms with van der Waals surface area (Å²) in [5, 5.41) is 9.46. The van der Waals surface area contributed by atoms with Crippen molar-refractivity contribution in [3.8, 4) is 0 Å². The van der Waals surface area contributed by atoms with Crippen LogP contribution in [0, 0.1) is 12.8 Å². The van der Waals surface area contributed by atoms with Crippen LogP contribution in [-0.2, 0) is 12.0 Å². The molecule has 3 heteroatoms. The second kappa shape index (κ2) is 3.33. The molecule has 0 saturated heterocycles. The van der Waals surface area contributed by atoms with Crippen molar-refractivity contribution in [3.05, 3.63) is 21.4 Å². The molecule has 2 nitrogen and oxygen atoms in total. The summed E-state index contributed by atoms with van der Waals surface area (Å²) in [5.74, 6) is 0.369. The molecule has 1 aromatic heterocycles. The van der Waals surface area contributed by atoms with Crippen molar-refractivity contribution >= 4 is 11.3 Å². The van der Waals surface area contributed by atoms with Gasteiger partial charge in [-0.05, 0) is 37.3 Å². The number of hydrogen-bond donors (Lipinski definition) is 2. The smallest absolute Gasteiger partial charge is 0.0681 e. The van der Waals surface area contributed by atoms with E-state index in [9.17, 15) is 5.11 Å². The van der Waals surface area contributed by atoms with Crippen LogP contribution in [-0.4, -0.2) is 11.7 Å². The molecule has 78 valence electrons. The normalized spacial score (nSPS) is 31.6. The lowest BCUT2D eigenvalue weighted by atomic mass is 9.74. The van der Waals surface area contributed by atoms with E-state index in [4.69, 9.17) is 5.73 Å². The van der Waals surface area contributed by atoms with E-state index in [-0.39, 0.29) is 6.61 Å². The number of aryl methyl sites for hydroxylation is 2. The highest BCUT2D eigenvalue weighted by Gasteiger charge is 2.39. The summed E-state index contributed by atoms with van der Waals surface area (Å²) in [4.78, 5) is 2.67. The molecule has 0 amide bonds. The van der Waals surface area contributed by atoms with Gasteiger partial charge in [0.1, 0.15) is 0 Å². The summed E-state index contributed by atoms with van der Waals surface area (Å²) in [7, 11) is 0. The Balaban J connectivity index is 2.51. The van der Waals surface area contributed by atoms with E-state index in [1.54, 1.807) is 0 Å². The van der Waals surface area contributed by atoms with Gasteiger partial charge in [-0.3, -0.25) is 0 Å². The van der Waals surface area contributed by atoms with E-state index in [1.165, 1.54) is 15.3 Å². The Morgan fingerprint density at radius 3 is 3.07 bits per heavy atom. The molecule has 0 aliphatic heterocycles. The van der Waals surface area contributed by atoms with Gasteiger partial charge in [-0.1, -0.05) is 6.92 Å². The number of aliphatic hydroxyl groups excluding tert-OH is 1. The maximum absolute atomic E-state index is 9.46. The van der Waals surface area contributed by atoms with Crippen LogP contribution in [0.15, 0.2) is 6.07 Å². The second-order valence-corrected chi connectivity index (χ2v) is 5.67. The second-order valence-electron chi connectivity index (χ2n) is 4.33. The molecule has 1 aliphatic carbocycles. The van der Waals surface area contributed by atoms with E-state index < -0.39 is 5.54 Å². The molecule has 0 fully saturated rings. The Hall–Kier alpha value is -0.380. The lowest BCUT2D eigenvalue weighted by Crippen LogP contribution is -2.48. The average Bonchev–Trinajstić information content (AvgIpc) is 2.54. The highest BCUT2D eigenvalue weighted by Crippen LogP contribution is 2.41. The fourth-order valence-electron chi connectivity index (χ4n) is 2.25. The Morgan fingerprint density at radius 1 is 1.71 bits per heavy atom. The summed E-state index contributed by atoms with van der Waals surface area (Å²) in [5.41, 5.74) is 6.96. The topological polar surface area (TPSA) is 46.2 Å². The minimum Gasteiger partial charge on any atom is -0.394 e. The minimum absolute atomic E-state index is 0.0529. The molecule has 0 radical (unpaired) electrons. The van der Waals surface area contributed by atoms with Gasteiger partial charge in [-0.15, -0.1) is 11.3 Å². The first-order chi connectivity index (χ1) is 6.58. The van der Waals surface area contributed by atoms with Crippen LogP contribution in [0.4, 0.5) is 0 Å². The molecule has 14 heavy (non-hydrogen) atoms. The first-order valence-electron chi connectivity index (χ1n) is 5.07. The Morgan fingerprint density at radius 2 is 2.43 bits per heavy atom. The van der Waals surface area contributed by atoms with E-state index in [0.717, 1.165) is 12.8 Å². The SMILES string of the molecule is Cc1cc2c(s1)CCC(C)C2(N)CO.